The van der Waals surface area contributed by atoms with Crippen LogP contribution in [0.15, 0.2) is 24.3 Å². The predicted octanol–water partition coefficient (Wildman–Crippen LogP) is 2.42. The molecule has 3 aliphatic heterocycles. The van der Waals surface area contributed by atoms with E-state index in [1.807, 2.05) is 41.0 Å². The molecule has 4 rings (SSSR count). The van der Waals surface area contributed by atoms with Gasteiger partial charge >= 0.3 is 0 Å². The summed E-state index contributed by atoms with van der Waals surface area (Å²) >= 11 is 0. The Balaban J connectivity index is 1.53. The molecule has 1 unspecified atom stereocenters. The topological polar surface area (TPSA) is 53.1 Å². The van der Waals surface area contributed by atoms with Gasteiger partial charge in [-0.15, -0.1) is 0 Å². The molecular formula is C24H35N3O3. The Labute approximate surface area is 180 Å². The largest absolute Gasteiger partial charge is 0.383 e. The van der Waals surface area contributed by atoms with Crippen molar-refractivity contribution in [3.05, 3.63) is 35.4 Å². The molecule has 0 aliphatic carbocycles. The summed E-state index contributed by atoms with van der Waals surface area (Å²) in [6, 6.07) is 7.84. The first-order chi connectivity index (χ1) is 14.4. The van der Waals surface area contributed by atoms with E-state index < -0.39 is 0 Å². The molecule has 3 heterocycles. The number of fused-ring (bicyclic) bond motifs is 1. The number of methoxy groups -OCH3 is 1. The van der Waals surface area contributed by atoms with Crippen molar-refractivity contribution < 1.29 is 14.3 Å². The minimum absolute atomic E-state index is 0.0366. The molecule has 1 atom stereocenters. The van der Waals surface area contributed by atoms with Crippen LogP contribution in [0.1, 0.15) is 42.1 Å². The predicted molar refractivity (Wildman–Crippen MR) is 116 cm³/mol. The molecule has 164 valence electrons. The zero-order chi connectivity index (χ0) is 21.4. The van der Waals surface area contributed by atoms with Crippen LogP contribution in [0.4, 0.5) is 0 Å². The molecule has 30 heavy (non-hydrogen) atoms. The maximum Gasteiger partial charge on any atom is 0.253 e. The molecule has 0 saturated carbocycles. The molecule has 6 heteroatoms. The van der Waals surface area contributed by atoms with Gasteiger partial charge in [0, 0.05) is 63.9 Å². The molecule has 0 radical (unpaired) electrons. The minimum Gasteiger partial charge on any atom is -0.383 e. The molecule has 0 bridgehead atoms. The first kappa shape index (κ1) is 21.3. The molecule has 0 aromatic heterocycles. The number of carbonyl (C=O) groups is 2. The molecule has 2 spiro atoms. The number of hydrogen-bond acceptors (Lipinski definition) is 4. The summed E-state index contributed by atoms with van der Waals surface area (Å²) in [6.45, 7) is 10.5. The van der Waals surface area contributed by atoms with Crippen molar-refractivity contribution in [3.63, 3.8) is 0 Å². The summed E-state index contributed by atoms with van der Waals surface area (Å²) in [6.07, 6.45) is 2.74. The lowest BCUT2D eigenvalue weighted by atomic mass is 9.60. The molecule has 3 aliphatic rings. The van der Waals surface area contributed by atoms with Crippen molar-refractivity contribution in [2.24, 2.45) is 10.8 Å². The maximum atomic E-state index is 13.5. The summed E-state index contributed by atoms with van der Waals surface area (Å²) in [5.41, 5.74) is 1.54. The molecule has 1 aromatic carbocycles. The minimum atomic E-state index is -0.296. The van der Waals surface area contributed by atoms with Crippen molar-refractivity contribution in [1.29, 1.82) is 0 Å². The van der Waals surface area contributed by atoms with E-state index in [9.17, 15) is 9.59 Å². The second-order valence-electron chi connectivity index (χ2n) is 9.36. The summed E-state index contributed by atoms with van der Waals surface area (Å²) in [5.74, 6) is 0.452. The Bertz CT molecular complexity index is 803. The van der Waals surface area contributed by atoms with Gasteiger partial charge in [-0.25, -0.2) is 0 Å². The highest BCUT2D eigenvalue weighted by atomic mass is 16.5. The SMILES string of the molecule is CCN1CCC2(CN(CCOC)CC23CCN(C(=O)c2cccc(C)c2)CC3)C1=O. The van der Waals surface area contributed by atoms with Crippen molar-refractivity contribution in [2.75, 3.05) is 59.5 Å². The van der Waals surface area contributed by atoms with Crippen LogP contribution in [0.5, 0.6) is 0 Å². The fraction of sp³-hybridized carbons (Fsp3) is 0.667. The van der Waals surface area contributed by atoms with Crippen molar-refractivity contribution in [3.8, 4) is 0 Å². The quantitative estimate of drug-likeness (QED) is 0.744. The highest BCUT2D eigenvalue weighted by Crippen LogP contribution is 2.57. The highest BCUT2D eigenvalue weighted by molar-refractivity contribution is 5.94. The third-order valence-corrected chi connectivity index (χ3v) is 7.81. The number of ether oxygens (including phenoxy) is 1. The van der Waals surface area contributed by atoms with Gasteiger partial charge in [0.1, 0.15) is 0 Å². The van der Waals surface area contributed by atoms with E-state index in [-0.39, 0.29) is 16.7 Å². The van der Waals surface area contributed by atoms with Crippen molar-refractivity contribution >= 4 is 11.8 Å². The van der Waals surface area contributed by atoms with Gasteiger partial charge in [0.15, 0.2) is 0 Å². The van der Waals surface area contributed by atoms with Gasteiger partial charge in [0.05, 0.1) is 12.0 Å². The molecule has 3 saturated heterocycles. The lowest BCUT2D eigenvalue weighted by Gasteiger charge is -2.47. The lowest BCUT2D eigenvalue weighted by Crippen LogP contribution is -2.53. The van der Waals surface area contributed by atoms with E-state index in [0.29, 0.717) is 12.5 Å². The first-order valence-electron chi connectivity index (χ1n) is 11.3. The van der Waals surface area contributed by atoms with E-state index in [0.717, 1.165) is 76.2 Å². The normalized spacial score (nSPS) is 26.3. The van der Waals surface area contributed by atoms with E-state index >= 15 is 0 Å². The molecule has 1 aromatic rings. The van der Waals surface area contributed by atoms with E-state index in [4.69, 9.17) is 4.74 Å². The Morgan fingerprint density at radius 1 is 1.13 bits per heavy atom. The monoisotopic (exact) mass is 413 g/mol. The third-order valence-electron chi connectivity index (χ3n) is 7.81. The van der Waals surface area contributed by atoms with Crippen LogP contribution in [0.25, 0.3) is 0 Å². The van der Waals surface area contributed by atoms with E-state index in [1.165, 1.54) is 0 Å². The number of benzene rings is 1. The van der Waals surface area contributed by atoms with Crippen LogP contribution in [0.2, 0.25) is 0 Å². The number of nitrogens with zero attached hydrogens (tertiary/aromatic N) is 3. The average Bonchev–Trinajstić information content (AvgIpc) is 3.24. The number of likely N-dealkylation sites (tertiary alicyclic amines) is 3. The summed E-state index contributed by atoms with van der Waals surface area (Å²) in [5, 5.41) is 0. The zero-order valence-corrected chi connectivity index (χ0v) is 18.7. The van der Waals surface area contributed by atoms with Gasteiger partial charge in [0.2, 0.25) is 5.91 Å². The molecule has 0 N–H and O–H groups in total. The smallest absolute Gasteiger partial charge is 0.253 e. The number of amides is 2. The highest BCUT2D eigenvalue weighted by Gasteiger charge is 2.64. The molecule has 3 fully saturated rings. The second-order valence-corrected chi connectivity index (χ2v) is 9.36. The Morgan fingerprint density at radius 3 is 2.53 bits per heavy atom. The van der Waals surface area contributed by atoms with Gasteiger partial charge in [-0.1, -0.05) is 17.7 Å². The van der Waals surface area contributed by atoms with Crippen LogP contribution in [0.3, 0.4) is 0 Å². The van der Waals surface area contributed by atoms with Crippen LogP contribution in [-0.2, 0) is 9.53 Å². The van der Waals surface area contributed by atoms with Gasteiger partial charge in [-0.2, -0.15) is 0 Å². The van der Waals surface area contributed by atoms with Crippen molar-refractivity contribution in [2.45, 2.75) is 33.1 Å². The first-order valence-corrected chi connectivity index (χ1v) is 11.3. The molecular weight excluding hydrogens is 378 g/mol. The number of aryl methyl sites for hydroxylation is 1. The lowest BCUT2D eigenvalue weighted by molar-refractivity contribution is -0.141. The molecule has 6 nitrogen and oxygen atoms in total. The molecule has 2 amide bonds. The number of hydrogen-bond donors (Lipinski definition) is 0. The Morgan fingerprint density at radius 2 is 1.90 bits per heavy atom. The third kappa shape index (κ3) is 3.44. The van der Waals surface area contributed by atoms with Crippen LogP contribution >= 0.6 is 0 Å². The number of carbonyl (C=O) groups excluding carboxylic acids is 2. The van der Waals surface area contributed by atoms with Gasteiger partial charge in [-0.05, 0) is 45.2 Å². The Hall–Kier alpha value is -1.92. The summed E-state index contributed by atoms with van der Waals surface area (Å²) in [4.78, 5) is 33.0. The fourth-order valence-corrected chi connectivity index (χ4v) is 6.08. The fourth-order valence-electron chi connectivity index (χ4n) is 6.08. The van der Waals surface area contributed by atoms with E-state index in [1.54, 1.807) is 7.11 Å². The average molecular weight is 414 g/mol. The van der Waals surface area contributed by atoms with Gasteiger partial charge < -0.3 is 14.5 Å². The number of rotatable bonds is 5. The standard InChI is InChI=1S/C24H35N3O3/c1-4-26-13-10-24(22(26)29)18-25(14-15-30-3)17-23(24)8-11-27(12-9-23)21(28)20-7-5-6-19(2)16-20/h5-7,16H,4,8-15,17-18H2,1-3H3. The maximum absolute atomic E-state index is 13.5. The summed E-state index contributed by atoms with van der Waals surface area (Å²) in [7, 11) is 1.73. The number of piperidine rings is 1. The van der Waals surface area contributed by atoms with Crippen LogP contribution in [0, 0.1) is 17.8 Å². The van der Waals surface area contributed by atoms with Gasteiger partial charge in [-0.3, -0.25) is 14.5 Å². The Kier molecular flexibility index (Phi) is 5.90. The van der Waals surface area contributed by atoms with Gasteiger partial charge in [0.25, 0.3) is 5.91 Å². The van der Waals surface area contributed by atoms with Crippen molar-refractivity contribution in [1.82, 2.24) is 14.7 Å². The van der Waals surface area contributed by atoms with Crippen LogP contribution in [-0.4, -0.2) is 86.0 Å². The zero-order valence-electron chi connectivity index (χ0n) is 18.7. The second kappa shape index (κ2) is 8.31. The summed E-state index contributed by atoms with van der Waals surface area (Å²) < 4.78 is 5.32. The van der Waals surface area contributed by atoms with E-state index in [2.05, 4.69) is 11.8 Å². The van der Waals surface area contributed by atoms with Crippen LogP contribution < -0.4 is 0 Å².